The standard InChI is InChI=1S/C23H26N4O5/c1-24-20(29)18-7-15(13-27(21(18)30)12-14-5-3-2-4-6-14)19(28)25-16-8-23(9-16)10-17(11-23)26-22(31)32/h2-7,13,16-17,26H,8-12H2,1H3,(H,24,29)(H,25,28)(H,31,32). The minimum absolute atomic E-state index is 0.00812. The number of carbonyl (C=O) groups excluding carboxylic acids is 2. The molecule has 1 spiro atoms. The summed E-state index contributed by atoms with van der Waals surface area (Å²) in [5.74, 6) is -0.878. The predicted molar refractivity (Wildman–Crippen MR) is 117 cm³/mol. The number of amides is 3. The zero-order valence-electron chi connectivity index (χ0n) is 17.8. The van der Waals surface area contributed by atoms with Crippen molar-refractivity contribution in [3.63, 3.8) is 0 Å². The highest BCUT2D eigenvalue weighted by Crippen LogP contribution is 2.55. The van der Waals surface area contributed by atoms with Gasteiger partial charge in [-0.1, -0.05) is 30.3 Å². The molecule has 32 heavy (non-hydrogen) atoms. The smallest absolute Gasteiger partial charge is 0.404 e. The number of carboxylic acid groups (broad SMARTS) is 1. The third-order valence-electron chi connectivity index (χ3n) is 6.40. The monoisotopic (exact) mass is 438 g/mol. The molecule has 9 nitrogen and oxygen atoms in total. The zero-order chi connectivity index (χ0) is 22.9. The molecule has 9 heteroatoms. The Labute approximate surface area is 184 Å². The Kier molecular flexibility index (Phi) is 5.73. The van der Waals surface area contributed by atoms with Crippen LogP contribution in [0.5, 0.6) is 0 Å². The molecule has 4 rings (SSSR count). The maximum Gasteiger partial charge on any atom is 0.404 e. The number of carbonyl (C=O) groups is 3. The van der Waals surface area contributed by atoms with Gasteiger partial charge >= 0.3 is 6.09 Å². The van der Waals surface area contributed by atoms with E-state index < -0.39 is 17.6 Å². The first-order valence-electron chi connectivity index (χ1n) is 10.6. The molecule has 0 atom stereocenters. The van der Waals surface area contributed by atoms with Crippen LogP contribution in [0.4, 0.5) is 4.79 Å². The molecular weight excluding hydrogens is 412 g/mol. The second-order valence-electron chi connectivity index (χ2n) is 8.77. The van der Waals surface area contributed by atoms with E-state index in [1.807, 2.05) is 30.3 Å². The highest BCUT2D eigenvalue weighted by atomic mass is 16.4. The summed E-state index contributed by atoms with van der Waals surface area (Å²) in [6.07, 6.45) is 3.64. The molecule has 1 aromatic heterocycles. The maximum atomic E-state index is 12.9. The van der Waals surface area contributed by atoms with E-state index in [4.69, 9.17) is 5.11 Å². The lowest BCUT2D eigenvalue weighted by atomic mass is 9.52. The van der Waals surface area contributed by atoms with Crippen LogP contribution in [0.25, 0.3) is 0 Å². The molecule has 1 aromatic carbocycles. The summed E-state index contributed by atoms with van der Waals surface area (Å²) < 4.78 is 1.38. The lowest BCUT2D eigenvalue weighted by Gasteiger charge is -2.57. The Bertz CT molecular complexity index is 1100. The van der Waals surface area contributed by atoms with Gasteiger partial charge in [-0.05, 0) is 42.7 Å². The van der Waals surface area contributed by atoms with Crippen molar-refractivity contribution in [2.24, 2.45) is 5.41 Å². The summed E-state index contributed by atoms with van der Waals surface area (Å²) in [5.41, 5.74) is 0.691. The van der Waals surface area contributed by atoms with Crippen molar-refractivity contribution in [3.05, 3.63) is 69.6 Å². The molecule has 2 aliphatic carbocycles. The van der Waals surface area contributed by atoms with E-state index in [9.17, 15) is 19.2 Å². The third-order valence-corrected chi connectivity index (χ3v) is 6.40. The van der Waals surface area contributed by atoms with Crippen LogP contribution in [-0.2, 0) is 6.54 Å². The zero-order valence-corrected chi connectivity index (χ0v) is 17.8. The Morgan fingerprint density at radius 1 is 1.03 bits per heavy atom. The molecule has 0 aliphatic heterocycles. The average Bonchev–Trinajstić information content (AvgIpc) is 2.71. The number of benzene rings is 1. The SMILES string of the molecule is CNC(=O)c1cc(C(=O)NC2CC3(CC(NC(=O)O)C3)C2)cn(Cc2ccccc2)c1=O. The van der Waals surface area contributed by atoms with Gasteiger partial charge in [-0.15, -0.1) is 0 Å². The van der Waals surface area contributed by atoms with Gasteiger partial charge in [-0.3, -0.25) is 14.4 Å². The molecule has 1 heterocycles. The van der Waals surface area contributed by atoms with Gasteiger partial charge in [0.05, 0.1) is 12.1 Å². The fourth-order valence-electron chi connectivity index (χ4n) is 4.91. The summed E-state index contributed by atoms with van der Waals surface area (Å²) in [6, 6.07) is 10.7. The Morgan fingerprint density at radius 3 is 2.25 bits per heavy atom. The van der Waals surface area contributed by atoms with E-state index in [0.717, 1.165) is 31.2 Å². The van der Waals surface area contributed by atoms with Gasteiger partial charge in [-0.2, -0.15) is 0 Å². The van der Waals surface area contributed by atoms with E-state index in [1.165, 1.54) is 23.9 Å². The number of hydrogen-bond acceptors (Lipinski definition) is 4. The van der Waals surface area contributed by atoms with Crippen LogP contribution in [0, 0.1) is 5.41 Å². The summed E-state index contributed by atoms with van der Waals surface area (Å²) in [6.45, 7) is 0.245. The van der Waals surface area contributed by atoms with Crippen molar-refractivity contribution in [2.75, 3.05) is 7.05 Å². The first-order valence-corrected chi connectivity index (χ1v) is 10.6. The van der Waals surface area contributed by atoms with Gasteiger partial charge in [0.15, 0.2) is 0 Å². The number of pyridine rings is 1. The van der Waals surface area contributed by atoms with Gasteiger partial charge in [-0.25, -0.2) is 4.79 Å². The summed E-state index contributed by atoms with van der Waals surface area (Å²) in [5, 5.41) is 16.7. The fourth-order valence-corrected chi connectivity index (χ4v) is 4.91. The largest absolute Gasteiger partial charge is 0.465 e. The molecule has 168 valence electrons. The second-order valence-corrected chi connectivity index (χ2v) is 8.77. The van der Waals surface area contributed by atoms with Crippen LogP contribution in [0.2, 0.25) is 0 Å². The molecule has 0 radical (unpaired) electrons. The number of nitrogens with zero attached hydrogens (tertiary/aromatic N) is 1. The summed E-state index contributed by atoms with van der Waals surface area (Å²) >= 11 is 0. The minimum atomic E-state index is -1.01. The first kappa shape index (κ1) is 21.6. The van der Waals surface area contributed by atoms with E-state index in [-0.39, 0.29) is 41.1 Å². The van der Waals surface area contributed by atoms with Crippen LogP contribution in [0.15, 0.2) is 47.4 Å². The van der Waals surface area contributed by atoms with Crippen LogP contribution in [0.3, 0.4) is 0 Å². The highest BCUT2D eigenvalue weighted by molar-refractivity contribution is 5.99. The Balaban J connectivity index is 1.46. The average molecular weight is 438 g/mol. The van der Waals surface area contributed by atoms with Gasteiger partial charge in [0.1, 0.15) is 5.56 Å². The summed E-state index contributed by atoms with van der Waals surface area (Å²) in [7, 11) is 1.44. The molecule has 2 saturated carbocycles. The van der Waals surface area contributed by atoms with Crippen LogP contribution in [0.1, 0.15) is 52.0 Å². The van der Waals surface area contributed by atoms with Crippen molar-refractivity contribution in [1.82, 2.24) is 20.5 Å². The maximum absolute atomic E-state index is 12.9. The van der Waals surface area contributed by atoms with Crippen molar-refractivity contribution >= 4 is 17.9 Å². The van der Waals surface area contributed by atoms with Crippen molar-refractivity contribution in [1.29, 1.82) is 0 Å². The first-order chi connectivity index (χ1) is 15.3. The van der Waals surface area contributed by atoms with E-state index in [1.54, 1.807) is 0 Å². The van der Waals surface area contributed by atoms with Gasteiger partial charge < -0.3 is 25.6 Å². The van der Waals surface area contributed by atoms with Crippen LogP contribution in [-0.4, -0.2) is 46.7 Å². The van der Waals surface area contributed by atoms with Crippen LogP contribution >= 0.6 is 0 Å². The predicted octanol–water partition coefficient (Wildman–Crippen LogP) is 1.56. The minimum Gasteiger partial charge on any atom is -0.465 e. The molecule has 0 saturated heterocycles. The number of nitrogens with one attached hydrogen (secondary N) is 3. The lowest BCUT2D eigenvalue weighted by molar-refractivity contribution is -0.0253. The van der Waals surface area contributed by atoms with Gasteiger partial charge in [0, 0.05) is 25.3 Å². The normalized spacial score (nSPS) is 23.5. The number of rotatable bonds is 6. The molecule has 0 unspecified atom stereocenters. The topological polar surface area (TPSA) is 130 Å². The third kappa shape index (κ3) is 4.37. The fraction of sp³-hybridized carbons (Fsp3) is 0.391. The van der Waals surface area contributed by atoms with E-state index >= 15 is 0 Å². The van der Waals surface area contributed by atoms with Crippen molar-refractivity contribution < 1.29 is 19.5 Å². The number of hydrogen-bond donors (Lipinski definition) is 4. The second kappa shape index (κ2) is 8.49. The van der Waals surface area contributed by atoms with E-state index in [2.05, 4.69) is 16.0 Å². The molecule has 0 bridgehead atoms. The molecule has 2 aromatic rings. The highest BCUT2D eigenvalue weighted by Gasteiger charge is 2.53. The molecule has 3 amide bonds. The van der Waals surface area contributed by atoms with Crippen molar-refractivity contribution in [2.45, 2.75) is 44.3 Å². The molecule has 2 aliphatic rings. The van der Waals surface area contributed by atoms with Crippen LogP contribution < -0.4 is 21.5 Å². The Morgan fingerprint density at radius 2 is 1.66 bits per heavy atom. The molecule has 4 N–H and O–H groups in total. The van der Waals surface area contributed by atoms with Crippen molar-refractivity contribution in [3.8, 4) is 0 Å². The van der Waals surface area contributed by atoms with E-state index in [0.29, 0.717) is 0 Å². The summed E-state index contributed by atoms with van der Waals surface area (Å²) in [4.78, 5) is 48.7. The number of aromatic nitrogens is 1. The molecular formula is C23H26N4O5. The lowest BCUT2D eigenvalue weighted by Crippen LogP contribution is -2.61. The molecule has 2 fully saturated rings. The quantitative estimate of drug-likeness (QED) is 0.544. The Hall–Kier alpha value is -3.62. The van der Waals surface area contributed by atoms with Gasteiger partial charge in [0.2, 0.25) is 0 Å². The van der Waals surface area contributed by atoms with Gasteiger partial charge in [0.25, 0.3) is 17.4 Å².